The zero-order valence-corrected chi connectivity index (χ0v) is 29.4. The van der Waals surface area contributed by atoms with Gasteiger partial charge in [-0.3, -0.25) is 9.59 Å². The minimum atomic E-state index is -0.964. The molecule has 3 aromatic rings. The molecule has 9 nitrogen and oxygen atoms in total. The van der Waals surface area contributed by atoms with Crippen molar-refractivity contribution in [2.24, 2.45) is 23.5 Å². The Balaban J connectivity index is 0.000000632. The fourth-order valence-electron chi connectivity index (χ4n) is 6.09. The Bertz CT molecular complexity index is 1600. The van der Waals surface area contributed by atoms with Gasteiger partial charge in [-0.15, -0.1) is 24.5 Å². The summed E-state index contributed by atoms with van der Waals surface area (Å²) in [5.41, 5.74) is 9.07. The second-order valence-electron chi connectivity index (χ2n) is 13.4. The first-order valence-corrected chi connectivity index (χ1v) is 17.3. The summed E-state index contributed by atoms with van der Waals surface area (Å²) < 4.78 is 12.1. The van der Waals surface area contributed by atoms with Gasteiger partial charge in [0.05, 0.1) is 30.2 Å². The summed E-state index contributed by atoms with van der Waals surface area (Å²) >= 11 is 1.53. The number of rotatable bonds is 13. The zero-order chi connectivity index (χ0) is 34.5. The van der Waals surface area contributed by atoms with E-state index in [2.05, 4.69) is 33.9 Å². The van der Waals surface area contributed by atoms with Crippen molar-refractivity contribution in [3.05, 3.63) is 60.1 Å². The number of aromatic nitrogens is 2. The maximum absolute atomic E-state index is 13.3. The monoisotopic (exact) mass is 662 g/mol. The molecule has 5 atom stereocenters. The van der Waals surface area contributed by atoms with Crippen LogP contribution in [0.2, 0.25) is 0 Å². The molecule has 0 bridgehead atoms. The summed E-state index contributed by atoms with van der Waals surface area (Å²) in [6.07, 6.45) is 7.79. The van der Waals surface area contributed by atoms with E-state index in [0.717, 1.165) is 58.6 Å². The fourth-order valence-corrected chi connectivity index (χ4v) is 7.03. The third-order valence-corrected chi connectivity index (χ3v) is 10.2. The van der Waals surface area contributed by atoms with Crippen LogP contribution in [0, 0.1) is 24.7 Å². The lowest BCUT2D eigenvalue weighted by atomic mass is 9.95. The second-order valence-corrected chi connectivity index (χ2v) is 14.2. The number of aryl methyl sites for hydroxylation is 1. The Morgan fingerprint density at radius 1 is 1.19 bits per heavy atom. The van der Waals surface area contributed by atoms with Gasteiger partial charge in [0.2, 0.25) is 5.91 Å². The van der Waals surface area contributed by atoms with Crippen molar-refractivity contribution in [3.8, 4) is 22.2 Å². The molecule has 254 valence electrons. The van der Waals surface area contributed by atoms with Gasteiger partial charge in [-0.1, -0.05) is 26.0 Å². The van der Waals surface area contributed by atoms with Crippen LogP contribution in [-0.4, -0.2) is 64.2 Å². The summed E-state index contributed by atoms with van der Waals surface area (Å²) in [7, 11) is 3.38. The maximum atomic E-state index is 13.3. The highest BCUT2D eigenvalue weighted by molar-refractivity contribution is 7.13. The molecule has 2 saturated carbocycles. The number of ether oxygens (including phenoxy) is 2. The summed E-state index contributed by atoms with van der Waals surface area (Å²) in [5.74, 6) is -0.317. The standard InChI is InChI=1S/C31H39N3O5S.C6H11N/c1-7-8-9-10-13-34(5)30(35)22-14-20(15-23(22)31(36)37)39-27-16-24(29-33-25(17-40-29)18(2)3)32-28-19(4)26(38-6)12-11-21(27)28;1-3-5-4-6(5,2)7/h7,11-12,16-18,20,22-23H,1,8-10,13-15H2,2-6H3,(H,36,37);3,5H,1,4,7H2,2H3/t20-,22+,23+;5-,6-/m01/s1. The van der Waals surface area contributed by atoms with Crippen LogP contribution in [0.5, 0.6) is 11.5 Å². The van der Waals surface area contributed by atoms with Crippen LogP contribution in [0.25, 0.3) is 21.6 Å². The van der Waals surface area contributed by atoms with E-state index >= 15 is 0 Å². The van der Waals surface area contributed by atoms with Crippen LogP contribution in [0.3, 0.4) is 0 Å². The number of pyridine rings is 1. The minimum Gasteiger partial charge on any atom is -0.496 e. The molecule has 2 aliphatic rings. The Morgan fingerprint density at radius 3 is 2.45 bits per heavy atom. The third kappa shape index (κ3) is 8.59. The van der Waals surface area contributed by atoms with Crippen molar-refractivity contribution < 1.29 is 24.2 Å². The van der Waals surface area contributed by atoms with Gasteiger partial charge in [-0.25, -0.2) is 9.97 Å². The molecule has 10 heteroatoms. The number of carboxylic acids is 1. The highest BCUT2D eigenvalue weighted by Crippen LogP contribution is 2.42. The van der Waals surface area contributed by atoms with Gasteiger partial charge in [0.25, 0.3) is 0 Å². The van der Waals surface area contributed by atoms with Crippen LogP contribution in [0.1, 0.15) is 76.5 Å². The number of hydrogen-bond donors (Lipinski definition) is 2. The largest absolute Gasteiger partial charge is 0.496 e. The van der Waals surface area contributed by atoms with Crippen LogP contribution < -0.4 is 15.2 Å². The molecule has 0 radical (unpaired) electrons. The van der Waals surface area contributed by atoms with Crippen LogP contribution in [-0.2, 0) is 9.59 Å². The van der Waals surface area contributed by atoms with Crippen LogP contribution >= 0.6 is 11.3 Å². The Morgan fingerprint density at radius 2 is 1.89 bits per heavy atom. The number of amides is 1. The predicted molar refractivity (Wildman–Crippen MR) is 189 cm³/mol. The molecule has 2 aliphatic carbocycles. The molecule has 5 rings (SSSR count). The molecule has 0 spiro atoms. The first-order chi connectivity index (χ1) is 22.3. The quantitative estimate of drug-likeness (QED) is 0.143. The number of fused-ring (bicyclic) bond motifs is 1. The van der Waals surface area contributed by atoms with E-state index in [0.29, 0.717) is 36.2 Å². The molecule has 1 aromatic carbocycles. The number of benzene rings is 1. The predicted octanol–water partition coefficient (Wildman–Crippen LogP) is 7.38. The van der Waals surface area contributed by atoms with Gasteiger partial charge in [0.15, 0.2) is 0 Å². The highest BCUT2D eigenvalue weighted by atomic mass is 32.1. The van der Waals surface area contributed by atoms with Gasteiger partial charge in [0, 0.05) is 41.5 Å². The van der Waals surface area contributed by atoms with Gasteiger partial charge >= 0.3 is 5.97 Å². The number of thiazole rings is 1. The number of nitrogens with zero attached hydrogens (tertiary/aromatic N) is 3. The molecule has 0 aliphatic heterocycles. The van der Waals surface area contributed by atoms with Crippen molar-refractivity contribution in [1.29, 1.82) is 0 Å². The third-order valence-electron chi connectivity index (χ3n) is 9.31. The molecule has 0 saturated heterocycles. The van der Waals surface area contributed by atoms with E-state index in [-0.39, 0.29) is 17.9 Å². The van der Waals surface area contributed by atoms with E-state index in [1.807, 2.05) is 42.7 Å². The summed E-state index contributed by atoms with van der Waals surface area (Å²) in [4.78, 5) is 36.9. The van der Waals surface area contributed by atoms with E-state index in [1.165, 1.54) is 11.3 Å². The zero-order valence-electron chi connectivity index (χ0n) is 28.6. The normalized spacial score (nSPS) is 23.1. The molecule has 1 amide bonds. The maximum Gasteiger partial charge on any atom is 0.307 e. The topological polar surface area (TPSA) is 128 Å². The number of methoxy groups -OCH3 is 1. The second kappa shape index (κ2) is 15.4. The van der Waals surface area contributed by atoms with E-state index in [9.17, 15) is 14.7 Å². The smallest absolute Gasteiger partial charge is 0.307 e. The lowest BCUT2D eigenvalue weighted by molar-refractivity contribution is -0.148. The number of carbonyl (C=O) groups excluding carboxylic acids is 1. The number of carbonyl (C=O) groups is 2. The first kappa shape index (κ1) is 36.1. The van der Waals surface area contributed by atoms with E-state index < -0.39 is 23.9 Å². The molecule has 2 heterocycles. The van der Waals surface area contributed by atoms with Crippen molar-refractivity contribution in [3.63, 3.8) is 0 Å². The van der Waals surface area contributed by atoms with Gasteiger partial charge < -0.3 is 25.2 Å². The molecule has 47 heavy (non-hydrogen) atoms. The molecule has 2 fully saturated rings. The number of nitrogens with two attached hydrogens (primary N) is 1. The average molecular weight is 663 g/mol. The lowest BCUT2D eigenvalue weighted by Crippen LogP contribution is -2.37. The van der Waals surface area contributed by atoms with Crippen molar-refractivity contribution in [1.82, 2.24) is 14.9 Å². The van der Waals surface area contributed by atoms with Gasteiger partial charge in [-0.2, -0.15) is 0 Å². The number of unbranched alkanes of at least 4 members (excludes halogenated alkanes) is 2. The van der Waals surface area contributed by atoms with Crippen molar-refractivity contribution in [2.75, 3.05) is 20.7 Å². The fraction of sp³-hybridized carbons (Fsp3) is 0.514. The van der Waals surface area contributed by atoms with Crippen LogP contribution in [0.15, 0.2) is 48.9 Å². The molecule has 3 N–H and O–H groups in total. The van der Waals surface area contributed by atoms with Crippen molar-refractivity contribution >= 4 is 34.1 Å². The minimum absolute atomic E-state index is 0.0990. The molecule has 2 aromatic heterocycles. The van der Waals surface area contributed by atoms with Crippen LogP contribution in [0.4, 0.5) is 0 Å². The molecular formula is C37H50N4O5S. The van der Waals surface area contributed by atoms with Crippen molar-refractivity contribution in [2.45, 2.75) is 83.8 Å². The Kier molecular flexibility index (Phi) is 11.8. The number of aliphatic carboxylic acids is 1. The first-order valence-electron chi connectivity index (χ1n) is 16.4. The summed E-state index contributed by atoms with van der Waals surface area (Å²) in [6.45, 7) is 16.2. The summed E-state index contributed by atoms with van der Waals surface area (Å²) in [6, 6.07) is 5.68. The number of carboxylic acid groups (broad SMARTS) is 1. The average Bonchev–Trinajstić information content (AvgIpc) is 3.39. The van der Waals surface area contributed by atoms with Gasteiger partial charge in [0.1, 0.15) is 28.3 Å². The number of allylic oxidation sites excluding steroid dienone is 1. The van der Waals surface area contributed by atoms with Gasteiger partial charge in [-0.05, 0) is 76.3 Å². The molecular weight excluding hydrogens is 612 g/mol. The summed E-state index contributed by atoms with van der Waals surface area (Å²) in [5, 5.41) is 13.6. The van der Waals surface area contributed by atoms with E-state index in [1.54, 1.807) is 19.1 Å². The Hall–Kier alpha value is -3.76. The molecule has 0 unspecified atom stereocenters. The SMILES string of the molecule is C=CCCCCN(C)C(=O)[C@@H]1C[C@H](Oc2cc(-c3nc(C(C)C)cs3)nc3c(C)c(OC)ccc23)C[C@H]1C(=O)O.C=C[C@@H]1C[C@@]1(C)N. The number of hydrogen-bond acceptors (Lipinski definition) is 8. The highest BCUT2D eigenvalue weighted by Gasteiger charge is 2.45. The Labute approximate surface area is 282 Å². The lowest BCUT2D eigenvalue weighted by Gasteiger charge is -2.23. The van der Waals surface area contributed by atoms with E-state index in [4.69, 9.17) is 25.2 Å².